The SMILES string of the molecule is CSC(C)N1CCC(F)(F)CC1. The van der Waals surface area contributed by atoms with Crippen molar-refractivity contribution < 1.29 is 8.78 Å². The van der Waals surface area contributed by atoms with Crippen LogP contribution in [0.25, 0.3) is 0 Å². The molecule has 0 aromatic rings. The highest BCUT2D eigenvalue weighted by Gasteiger charge is 2.34. The molecule has 1 aliphatic heterocycles. The number of piperidine rings is 1. The lowest BCUT2D eigenvalue weighted by Crippen LogP contribution is -2.42. The van der Waals surface area contributed by atoms with Gasteiger partial charge in [0.1, 0.15) is 0 Å². The molecule has 0 spiro atoms. The summed E-state index contributed by atoms with van der Waals surface area (Å²) in [6.07, 6.45) is 2.06. The van der Waals surface area contributed by atoms with Gasteiger partial charge in [0, 0.05) is 25.9 Å². The maximum Gasteiger partial charge on any atom is 0.250 e. The molecule has 0 bridgehead atoms. The van der Waals surface area contributed by atoms with Crippen molar-refractivity contribution in [2.45, 2.75) is 31.1 Å². The van der Waals surface area contributed by atoms with Crippen molar-refractivity contribution in [1.82, 2.24) is 4.90 Å². The van der Waals surface area contributed by atoms with Crippen LogP contribution in [0.2, 0.25) is 0 Å². The predicted molar refractivity (Wildman–Crippen MR) is 48.7 cm³/mol. The molecule has 1 heterocycles. The number of alkyl halides is 2. The van der Waals surface area contributed by atoms with Gasteiger partial charge >= 0.3 is 0 Å². The number of halogens is 2. The molecule has 0 N–H and O–H groups in total. The summed E-state index contributed by atoms with van der Waals surface area (Å²) >= 11 is 1.71. The normalized spacial score (nSPS) is 27.0. The van der Waals surface area contributed by atoms with Gasteiger partial charge in [-0.2, -0.15) is 0 Å². The summed E-state index contributed by atoms with van der Waals surface area (Å²) in [5, 5.41) is 0.376. The first-order chi connectivity index (χ1) is 5.55. The molecular formula is C8H15F2NS. The number of rotatable bonds is 2. The lowest BCUT2D eigenvalue weighted by Gasteiger charge is -2.34. The standard InChI is InChI=1S/C8H15F2NS/c1-7(12-2)11-5-3-8(9,10)4-6-11/h7H,3-6H2,1-2H3. The first kappa shape index (κ1) is 10.3. The van der Waals surface area contributed by atoms with E-state index >= 15 is 0 Å². The fraction of sp³-hybridized carbons (Fsp3) is 1.00. The molecular weight excluding hydrogens is 180 g/mol. The van der Waals surface area contributed by atoms with Crippen molar-refractivity contribution in [3.8, 4) is 0 Å². The van der Waals surface area contributed by atoms with Crippen LogP contribution in [0.4, 0.5) is 8.78 Å². The molecule has 1 rings (SSSR count). The zero-order valence-corrected chi connectivity index (χ0v) is 8.33. The minimum atomic E-state index is -2.41. The molecule has 0 aromatic carbocycles. The smallest absolute Gasteiger partial charge is 0.250 e. The van der Waals surface area contributed by atoms with Crippen LogP contribution in [-0.2, 0) is 0 Å². The van der Waals surface area contributed by atoms with E-state index in [1.165, 1.54) is 0 Å². The van der Waals surface area contributed by atoms with Crippen LogP contribution in [-0.4, -0.2) is 35.5 Å². The second-order valence-corrected chi connectivity index (χ2v) is 4.38. The van der Waals surface area contributed by atoms with Crippen molar-refractivity contribution >= 4 is 11.8 Å². The van der Waals surface area contributed by atoms with Crippen LogP contribution in [0.5, 0.6) is 0 Å². The summed E-state index contributed by atoms with van der Waals surface area (Å²) < 4.78 is 25.4. The van der Waals surface area contributed by atoms with Crippen LogP contribution in [0, 0.1) is 0 Å². The van der Waals surface area contributed by atoms with Gasteiger partial charge in [-0.15, -0.1) is 11.8 Å². The van der Waals surface area contributed by atoms with Crippen molar-refractivity contribution in [1.29, 1.82) is 0 Å². The van der Waals surface area contributed by atoms with E-state index < -0.39 is 5.92 Å². The quantitative estimate of drug-likeness (QED) is 0.665. The van der Waals surface area contributed by atoms with Crippen LogP contribution in [0.1, 0.15) is 19.8 Å². The van der Waals surface area contributed by atoms with E-state index in [2.05, 4.69) is 11.8 Å². The van der Waals surface area contributed by atoms with E-state index in [1.807, 2.05) is 6.26 Å². The van der Waals surface area contributed by atoms with Gasteiger partial charge < -0.3 is 0 Å². The number of likely N-dealkylation sites (tertiary alicyclic amines) is 1. The zero-order chi connectivity index (χ0) is 9.19. The molecule has 1 unspecified atom stereocenters. The highest BCUT2D eigenvalue weighted by Crippen LogP contribution is 2.29. The second-order valence-electron chi connectivity index (χ2n) is 3.23. The van der Waals surface area contributed by atoms with E-state index in [-0.39, 0.29) is 12.8 Å². The molecule has 1 saturated heterocycles. The highest BCUT2D eigenvalue weighted by atomic mass is 32.2. The first-order valence-electron chi connectivity index (χ1n) is 4.20. The maximum absolute atomic E-state index is 12.7. The number of hydrogen-bond donors (Lipinski definition) is 0. The summed E-state index contributed by atoms with van der Waals surface area (Å²) in [6.45, 7) is 3.14. The molecule has 0 aliphatic carbocycles. The van der Waals surface area contributed by atoms with E-state index in [0.717, 1.165) is 0 Å². The van der Waals surface area contributed by atoms with Crippen molar-refractivity contribution in [2.75, 3.05) is 19.3 Å². The Morgan fingerprint density at radius 3 is 2.25 bits per heavy atom. The number of nitrogens with zero attached hydrogens (tertiary/aromatic N) is 1. The topological polar surface area (TPSA) is 3.24 Å². The summed E-state index contributed by atoms with van der Waals surface area (Å²) in [4.78, 5) is 2.11. The van der Waals surface area contributed by atoms with Crippen molar-refractivity contribution in [3.05, 3.63) is 0 Å². The number of hydrogen-bond acceptors (Lipinski definition) is 2. The molecule has 1 nitrogen and oxygen atoms in total. The Labute approximate surface area is 76.5 Å². The van der Waals surface area contributed by atoms with Gasteiger partial charge in [-0.1, -0.05) is 0 Å². The van der Waals surface area contributed by atoms with Crippen molar-refractivity contribution in [2.24, 2.45) is 0 Å². The Kier molecular flexibility index (Phi) is 3.35. The van der Waals surface area contributed by atoms with Crippen LogP contribution < -0.4 is 0 Å². The van der Waals surface area contributed by atoms with Gasteiger partial charge in [0.2, 0.25) is 0 Å². The molecule has 0 amide bonds. The molecule has 1 aliphatic rings. The molecule has 72 valence electrons. The van der Waals surface area contributed by atoms with Crippen LogP contribution in [0.3, 0.4) is 0 Å². The van der Waals surface area contributed by atoms with E-state index in [1.54, 1.807) is 11.8 Å². The van der Waals surface area contributed by atoms with E-state index in [0.29, 0.717) is 18.5 Å². The molecule has 0 radical (unpaired) electrons. The van der Waals surface area contributed by atoms with Gasteiger partial charge in [0.05, 0.1) is 5.37 Å². The molecule has 4 heteroatoms. The number of thioether (sulfide) groups is 1. The van der Waals surface area contributed by atoms with Gasteiger partial charge in [0.15, 0.2) is 0 Å². The minimum Gasteiger partial charge on any atom is -0.291 e. The lowest BCUT2D eigenvalue weighted by molar-refractivity contribution is -0.0561. The van der Waals surface area contributed by atoms with Gasteiger partial charge in [-0.3, -0.25) is 4.90 Å². The predicted octanol–water partition coefficient (Wildman–Crippen LogP) is 2.43. The average Bonchev–Trinajstić information content (AvgIpc) is 2.03. The molecule has 0 saturated carbocycles. The Morgan fingerprint density at radius 2 is 1.83 bits per heavy atom. The third kappa shape index (κ3) is 2.59. The third-order valence-corrected chi connectivity index (χ3v) is 3.37. The third-order valence-electron chi connectivity index (χ3n) is 2.38. The monoisotopic (exact) mass is 195 g/mol. The van der Waals surface area contributed by atoms with Gasteiger partial charge in [0.25, 0.3) is 5.92 Å². The summed E-state index contributed by atoms with van der Waals surface area (Å²) in [5.41, 5.74) is 0. The maximum atomic E-state index is 12.7. The minimum absolute atomic E-state index is 0.0257. The van der Waals surface area contributed by atoms with Crippen LogP contribution >= 0.6 is 11.8 Å². The van der Waals surface area contributed by atoms with Gasteiger partial charge in [-0.05, 0) is 13.2 Å². The summed E-state index contributed by atoms with van der Waals surface area (Å²) in [7, 11) is 0. The van der Waals surface area contributed by atoms with Crippen LogP contribution in [0.15, 0.2) is 0 Å². The average molecular weight is 195 g/mol. The van der Waals surface area contributed by atoms with Crippen molar-refractivity contribution in [3.63, 3.8) is 0 Å². The lowest BCUT2D eigenvalue weighted by atomic mass is 10.1. The summed E-state index contributed by atoms with van der Waals surface area (Å²) in [5.74, 6) is -2.41. The zero-order valence-electron chi connectivity index (χ0n) is 7.52. The Hall–Kier alpha value is 0.170. The largest absolute Gasteiger partial charge is 0.291 e. The Balaban J connectivity index is 2.36. The Morgan fingerprint density at radius 1 is 1.33 bits per heavy atom. The fourth-order valence-electron chi connectivity index (χ4n) is 1.36. The highest BCUT2D eigenvalue weighted by molar-refractivity contribution is 7.99. The molecule has 0 aromatic heterocycles. The first-order valence-corrected chi connectivity index (χ1v) is 5.48. The fourth-order valence-corrected chi connectivity index (χ4v) is 1.87. The molecule has 12 heavy (non-hydrogen) atoms. The van der Waals surface area contributed by atoms with E-state index in [9.17, 15) is 8.78 Å². The molecule has 1 fully saturated rings. The van der Waals surface area contributed by atoms with E-state index in [4.69, 9.17) is 0 Å². The summed E-state index contributed by atoms with van der Waals surface area (Å²) in [6, 6.07) is 0. The second kappa shape index (κ2) is 3.92. The van der Waals surface area contributed by atoms with Gasteiger partial charge in [-0.25, -0.2) is 8.78 Å². The molecule has 1 atom stereocenters. The Bertz CT molecular complexity index is 142.